The summed E-state index contributed by atoms with van der Waals surface area (Å²) in [5.41, 5.74) is 4.69. The van der Waals surface area contributed by atoms with Crippen molar-refractivity contribution in [2.45, 2.75) is 90.3 Å². The Hall–Kier alpha value is -2.94. The van der Waals surface area contributed by atoms with Gasteiger partial charge >= 0.3 is 6.16 Å². The highest BCUT2D eigenvalue weighted by Crippen LogP contribution is 2.56. The van der Waals surface area contributed by atoms with Gasteiger partial charge in [0.1, 0.15) is 42.9 Å². The molecule has 11 heteroatoms. The van der Waals surface area contributed by atoms with Gasteiger partial charge in [0.15, 0.2) is 11.4 Å². The fourth-order valence-corrected chi connectivity index (χ4v) is 6.47. The van der Waals surface area contributed by atoms with Gasteiger partial charge < -0.3 is 30.2 Å². The van der Waals surface area contributed by atoms with Crippen molar-refractivity contribution < 1.29 is 29.2 Å². The molecule has 0 spiro atoms. The van der Waals surface area contributed by atoms with Crippen molar-refractivity contribution in [2.24, 2.45) is 16.7 Å². The molecule has 37 heavy (non-hydrogen) atoms. The summed E-state index contributed by atoms with van der Waals surface area (Å²) in [6.45, 7) is 10.3. The molecule has 2 fully saturated rings. The first kappa shape index (κ1) is 27.1. The number of rotatable bonds is 7. The summed E-state index contributed by atoms with van der Waals surface area (Å²) in [7, 11) is 0. The van der Waals surface area contributed by atoms with Gasteiger partial charge in [-0.15, -0.1) is 0 Å². The van der Waals surface area contributed by atoms with Crippen LogP contribution in [0.2, 0.25) is 0 Å². The van der Waals surface area contributed by atoms with Crippen LogP contribution in [0.4, 0.5) is 10.6 Å². The van der Waals surface area contributed by atoms with Crippen LogP contribution in [0.1, 0.15) is 66.0 Å². The molecule has 11 nitrogen and oxygen atoms in total. The molecule has 1 aliphatic carbocycles. The number of carbonyl (C=O) groups excluding carboxylic acids is 1. The first-order valence-electron chi connectivity index (χ1n) is 12.7. The molecule has 2 aliphatic rings. The van der Waals surface area contributed by atoms with Gasteiger partial charge in [0.25, 0.3) is 0 Å². The molecule has 3 heterocycles. The molecular weight excluding hydrogens is 478 g/mol. The summed E-state index contributed by atoms with van der Waals surface area (Å²) >= 11 is 0. The number of anilines is 1. The van der Waals surface area contributed by atoms with Gasteiger partial charge in [-0.25, -0.2) is 14.3 Å². The molecule has 1 saturated heterocycles. The van der Waals surface area contributed by atoms with Crippen LogP contribution in [-0.4, -0.2) is 62.0 Å². The van der Waals surface area contributed by atoms with Crippen LogP contribution in [0.3, 0.4) is 0 Å². The molecule has 4 N–H and O–H groups in total. The van der Waals surface area contributed by atoms with Crippen molar-refractivity contribution in [1.82, 2.24) is 14.6 Å². The minimum Gasteiger partial charge on any atom is -0.431 e. The number of hydrogen-bond donors (Lipinski definition) is 3. The average Bonchev–Trinajstić information content (AvgIpc) is 3.42. The number of carbonyl (C=O) groups is 1. The van der Waals surface area contributed by atoms with Crippen LogP contribution >= 0.6 is 0 Å². The summed E-state index contributed by atoms with van der Waals surface area (Å²) in [5.74, 6) is 0.571. The predicted molar refractivity (Wildman–Crippen MR) is 133 cm³/mol. The number of hydrogen-bond acceptors (Lipinski definition) is 10. The number of aromatic nitrogens is 3. The van der Waals surface area contributed by atoms with Crippen LogP contribution in [0, 0.1) is 28.1 Å². The monoisotopic (exact) mass is 515 g/mol. The molecule has 0 radical (unpaired) electrons. The lowest BCUT2D eigenvalue weighted by atomic mass is 9.76. The third-order valence-electron chi connectivity index (χ3n) is 8.55. The van der Waals surface area contributed by atoms with Gasteiger partial charge in [-0.05, 0) is 30.9 Å². The fourth-order valence-electron chi connectivity index (χ4n) is 6.47. The van der Waals surface area contributed by atoms with Gasteiger partial charge in [0.05, 0.1) is 18.2 Å². The van der Waals surface area contributed by atoms with Crippen LogP contribution in [-0.2, 0) is 19.8 Å². The molecule has 1 saturated carbocycles. The van der Waals surface area contributed by atoms with E-state index in [2.05, 4.69) is 44.7 Å². The Morgan fingerprint density at radius 3 is 2.76 bits per heavy atom. The van der Waals surface area contributed by atoms with Crippen molar-refractivity contribution in [3.8, 4) is 6.07 Å². The van der Waals surface area contributed by atoms with Gasteiger partial charge in [-0.2, -0.15) is 10.4 Å². The average molecular weight is 516 g/mol. The Labute approximate surface area is 216 Å². The lowest BCUT2D eigenvalue weighted by Gasteiger charge is -2.37. The third kappa shape index (κ3) is 4.41. The van der Waals surface area contributed by atoms with Crippen molar-refractivity contribution >= 4 is 17.5 Å². The normalized spacial score (nSPS) is 34.9. The second kappa shape index (κ2) is 9.74. The highest BCUT2D eigenvalue weighted by Gasteiger charge is 2.58. The van der Waals surface area contributed by atoms with Gasteiger partial charge in [0.2, 0.25) is 0 Å². The molecular formula is C26H37N5O6. The second-order valence-corrected chi connectivity index (χ2v) is 11.4. The molecule has 202 valence electrons. The Bertz CT molecular complexity index is 1190. The molecule has 2 aromatic heterocycles. The van der Waals surface area contributed by atoms with Crippen molar-refractivity contribution in [2.75, 3.05) is 12.3 Å². The zero-order valence-corrected chi connectivity index (χ0v) is 22.0. The highest BCUT2D eigenvalue weighted by molar-refractivity contribution is 5.65. The van der Waals surface area contributed by atoms with Crippen LogP contribution < -0.4 is 5.73 Å². The zero-order valence-electron chi connectivity index (χ0n) is 22.0. The van der Waals surface area contributed by atoms with E-state index in [9.17, 15) is 20.3 Å². The molecule has 7 atom stereocenters. The summed E-state index contributed by atoms with van der Waals surface area (Å²) in [4.78, 5) is 16.8. The summed E-state index contributed by atoms with van der Waals surface area (Å²) < 4.78 is 18.8. The number of nitrogen functional groups attached to an aromatic ring is 1. The molecule has 2 unspecified atom stereocenters. The standard InChI is InChI=1S/C26H37N5O6/c1-6-9-25(5)12-15(2)24(3,4)22(25)36-23(34)35-13-17-19(32)20(33)26(37-17,10-11-27)18-8-7-16-21(28)29-14-30-31(16)18/h7-8,14-15,17,19-20,22,32-33H,6,9-10,12-13H2,1-5H3,(H2,28,29,30)/t15?,17-,19-,20-,22+,25?,26+/m1/s1. The minimum absolute atomic E-state index is 0.169. The minimum atomic E-state index is -1.62. The van der Waals surface area contributed by atoms with E-state index in [-0.39, 0.29) is 35.8 Å². The zero-order chi connectivity index (χ0) is 27.2. The Morgan fingerprint density at radius 2 is 2.08 bits per heavy atom. The largest absolute Gasteiger partial charge is 0.508 e. The van der Waals surface area contributed by atoms with E-state index in [1.54, 1.807) is 12.1 Å². The molecule has 0 amide bonds. The first-order chi connectivity index (χ1) is 17.4. The smallest absolute Gasteiger partial charge is 0.431 e. The predicted octanol–water partition coefficient (Wildman–Crippen LogP) is 2.94. The third-order valence-corrected chi connectivity index (χ3v) is 8.55. The van der Waals surface area contributed by atoms with Gasteiger partial charge in [-0.3, -0.25) is 0 Å². The van der Waals surface area contributed by atoms with E-state index in [0.29, 0.717) is 17.1 Å². The Kier molecular flexibility index (Phi) is 7.14. The van der Waals surface area contributed by atoms with Gasteiger partial charge in [-0.1, -0.05) is 41.0 Å². The van der Waals surface area contributed by atoms with E-state index in [1.807, 2.05) is 6.07 Å². The Balaban J connectivity index is 1.51. The van der Waals surface area contributed by atoms with E-state index in [4.69, 9.17) is 19.9 Å². The maximum absolute atomic E-state index is 12.8. The van der Waals surface area contributed by atoms with Crippen LogP contribution in [0.5, 0.6) is 0 Å². The highest BCUT2D eigenvalue weighted by atomic mass is 16.7. The van der Waals surface area contributed by atoms with E-state index in [0.717, 1.165) is 19.3 Å². The number of ether oxygens (including phenoxy) is 3. The number of nitrogens with zero attached hydrogens (tertiary/aromatic N) is 4. The number of aliphatic hydroxyl groups is 2. The molecule has 1 aliphatic heterocycles. The quantitative estimate of drug-likeness (QED) is 0.467. The summed E-state index contributed by atoms with van der Waals surface area (Å²) in [6.07, 6.45) is -1.41. The van der Waals surface area contributed by atoms with E-state index < -0.39 is 30.1 Å². The second-order valence-electron chi connectivity index (χ2n) is 11.4. The molecule has 4 rings (SSSR count). The molecule has 0 bridgehead atoms. The summed E-state index contributed by atoms with van der Waals surface area (Å²) in [6, 6.07) is 5.28. The molecule has 2 aromatic rings. The summed E-state index contributed by atoms with van der Waals surface area (Å²) in [5, 5.41) is 35.6. The lowest BCUT2D eigenvalue weighted by Crippen LogP contribution is -2.42. The van der Waals surface area contributed by atoms with E-state index in [1.165, 1.54) is 10.8 Å². The van der Waals surface area contributed by atoms with Gasteiger partial charge in [0, 0.05) is 10.8 Å². The maximum Gasteiger partial charge on any atom is 0.508 e. The van der Waals surface area contributed by atoms with Crippen molar-refractivity contribution in [3.05, 3.63) is 24.2 Å². The van der Waals surface area contributed by atoms with E-state index >= 15 is 0 Å². The van der Waals surface area contributed by atoms with Crippen LogP contribution in [0.15, 0.2) is 18.5 Å². The Morgan fingerprint density at radius 1 is 1.35 bits per heavy atom. The van der Waals surface area contributed by atoms with Crippen molar-refractivity contribution in [3.63, 3.8) is 0 Å². The number of nitrogens with two attached hydrogens (primary N) is 1. The fraction of sp³-hybridized carbons (Fsp3) is 0.692. The van der Waals surface area contributed by atoms with Crippen molar-refractivity contribution in [1.29, 1.82) is 5.26 Å². The maximum atomic E-state index is 12.8. The lowest BCUT2D eigenvalue weighted by molar-refractivity contribution is -0.109. The number of fused-ring (bicyclic) bond motifs is 1. The topological polar surface area (TPSA) is 165 Å². The first-order valence-corrected chi connectivity index (χ1v) is 12.7. The molecule has 0 aromatic carbocycles. The number of aliphatic hydroxyl groups excluding tert-OH is 2. The SMILES string of the molecule is CCCC1(C)CC(C)C(C)(C)[C@@H]1OC(=O)OC[C@H]1O[C@@](CC#N)(c2ccc3c(N)ncnn23)[C@H](O)[C@@H]1O. The number of nitriles is 1. The van der Waals surface area contributed by atoms with Crippen LogP contribution in [0.25, 0.3) is 5.52 Å².